The molecule has 0 unspecified atom stereocenters. The number of rotatable bonds is 9. The van der Waals surface area contributed by atoms with Crippen molar-refractivity contribution in [1.29, 1.82) is 0 Å². The van der Waals surface area contributed by atoms with E-state index >= 15 is 0 Å². The number of piperazine rings is 1. The molecule has 6 nitrogen and oxygen atoms in total. The van der Waals surface area contributed by atoms with Crippen LogP contribution in [0.25, 0.3) is 11.1 Å². The SMILES string of the molecule is O=C(NCCCCN1CCN(CCO)CC1)OCC1c2ccccc2-c2ccccc21. The van der Waals surface area contributed by atoms with E-state index < -0.39 is 0 Å². The van der Waals surface area contributed by atoms with Gasteiger partial charge in [0, 0.05) is 45.2 Å². The minimum Gasteiger partial charge on any atom is -0.449 e. The molecule has 4 rings (SSSR count). The molecule has 31 heavy (non-hydrogen) atoms. The van der Waals surface area contributed by atoms with Crippen LogP contribution in [0, 0.1) is 0 Å². The van der Waals surface area contributed by atoms with E-state index in [0.29, 0.717) is 13.2 Å². The second-order valence-electron chi connectivity index (χ2n) is 8.37. The summed E-state index contributed by atoms with van der Waals surface area (Å²) in [5, 5.41) is 11.9. The van der Waals surface area contributed by atoms with Crippen molar-refractivity contribution in [1.82, 2.24) is 15.1 Å². The number of hydrogen-bond donors (Lipinski definition) is 2. The molecule has 2 aromatic rings. The summed E-state index contributed by atoms with van der Waals surface area (Å²) < 4.78 is 5.58. The molecule has 1 heterocycles. The number of carbonyl (C=O) groups is 1. The lowest BCUT2D eigenvalue weighted by Crippen LogP contribution is -2.47. The van der Waals surface area contributed by atoms with Gasteiger partial charge in [0.25, 0.3) is 0 Å². The average Bonchev–Trinajstić information content (AvgIpc) is 3.12. The Balaban J connectivity index is 1.15. The molecule has 2 N–H and O–H groups in total. The number of aliphatic hydroxyl groups is 1. The van der Waals surface area contributed by atoms with E-state index in [1.807, 2.05) is 12.1 Å². The topological polar surface area (TPSA) is 65.0 Å². The Hall–Kier alpha value is -2.41. The maximum atomic E-state index is 12.2. The molecule has 166 valence electrons. The second-order valence-corrected chi connectivity index (χ2v) is 8.37. The maximum Gasteiger partial charge on any atom is 0.407 e. The number of aliphatic hydroxyl groups excluding tert-OH is 1. The van der Waals surface area contributed by atoms with Gasteiger partial charge < -0.3 is 20.1 Å². The molecule has 1 saturated heterocycles. The van der Waals surface area contributed by atoms with Crippen molar-refractivity contribution < 1.29 is 14.6 Å². The molecule has 1 fully saturated rings. The lowest BCUT2D eigenvalue weighted by molar-refractivity contribution is 0.111. The van der Waals surface area contributed by atoms with Crippen LogP contribution in [0.4, 0.5) is 4.79 Å². The van der Waals surface area contributed by atoms with Crippen molar-refractivity contribution in [2.75, 3.05) is 59.0 Å². The maximum absolute atomic E-state index is 12.2. The van der Waals surface area contributed by atoms with Gasteiger partial charge in [0.05, 0.1) is 6.61 Å². The zero-order valence-electron chi connectivity index (χ0n) is 18.1. The standard InChI is InChI=1S/C25H33N3O3/c29-18-17-28-15-13-27(14-16-28)12-6-5-11-26-25(30)31-19-24-22-9-3-1-7-20(22)21-8-2-4-10-23(21)24/h1-4,7-10,24,29H,5-6,11-19H2,(H,26,30). The summed E-state index contributed by atoms with van der Waals surface area (Å²) >= 11 is 0. The van der Waals surface area contributed by atoms with Crippen LogP contribution in [-0.2, 0) is 4.74 Å². The van der Waals surface area contributed by atoms with Crippen LogP contribution in [0.3, 0.4) is 0 Å². The first-order valence-electron chi connectivity index (χ1n) is 11.4. The van der Waals surface area contributed by atoms with Crippen molar-refractivity contribution >= 4 is 6.09 Å². The summed E-state index contributed by atoms with van der Waals surface area (Å²) in [5.41, 5.74) is 4.94. The lowest BCUT2D eigenvalue weighted by atomic mass is 9.98. The van der Waals surface area contributed by atoms with E-state index in [0.717, 1.165) is 52.1 Å². The fourth-order valence-corrected chi connectivity index (χ4v) is 4.68. The Labute approximate surface area is 184 Å². The molecule has 0 saturated carbocycles. The average molecular weight is 424 g/mol. The van der Waals surface area contributed by atoms with E-state index in [1.54, 1.807) is 0 Å². The predicted molar refractivity (Wildman–Crippen MR) is 122 cm³/mol. The van der Waals surface area contributed by atoms with Gasteiger partial charge in [-0.25, -0.2) is 4.79 Å². The number of amides is 1. The number of β-amino-alcohol motifs (C(OH)–C–C–N with tert-alkyl or cyclic N) is 1. The van der Waals surface area contributed by atoms with Crippen molar-refractivity contribution in [2.24, 2.45) is 0 Å². The molecule has 1 aliphatic heterocycles. The minimum absolute atomic E-state index is 0.0997. The molecule has 2 aliphatic rings. The number of ether oxygens (including phenoxy) is 1. The number of hydrogen-bond acceptors (Lipinski definition) is 5. The highest BCUT2D eigenvalue weighted by atomic mass is 16.5. The molecule has 1 amide bonds. The Kier molecular flexibility index (Phi) is 7.57. The van der Waals surface area contributed by atoms with Gasteiger partial charge in [-0.3, -0.25) is 4.90 Å². The Morgan fingerprint density at radius 3 is 2.10 bits per heavy atom. The van der Waals surface area contributed by atoms with E-state index in [2.05, 4.69) is 51.5 Å². The molecule has 2 aromatic carbocycles. The zero-order valence-corrected chi connectivity index (χ0v) is 18.1. The van der Waals surface area contributed by atoms with Gasteiger partial charge in [-0.05, 0) is 41.6 Å². The van der Waals surface area contributed by atoms with Crippen LogP contribution in [0.2, 0.25) is 0 Å². The molecule has 1 aliphatic carbocycles. The summed E-state index contributed by atoms with van der Waals surface area (Å²) in [4.78, 5) is 17.0. The summed E-state index contributed by atoms with van der Waals surface area (Å²) in [6, 6.07) is 16.7. The van der Waals surface area contributed by atoms with Crippen LogP contribution in [0.1, 0.15) is 29.9 Å². The minimum atomic E-state index is -0.334. The third-order valence-electron chi connectivity index (χ3n) is 6.40. The fraction of sp³-hybridized carbons (Fsp3) is 0.480. The van der Waals surface area contributed by atoms with Gasteiger partial charge in [-0.15, -0.1) is 0 Å². The molecule has 0 radical (unpaired) electrons. The summed E-state index contributed by atoms with van der Waals surface area (Å²) in [6.07, 6.45) is 1.67. The summed E-state index contributed by atoms with van der Waals surface area (Å²) in [5.74, 6) is 0.0997. The smallest absolute Gasteiger partial charge is 0.407 e. The predicted octanol–water partition coefficient (Wildman–Crippen LogP) is 2.92. The number of fused-ring (bicyclic) bond motifs is 3. The summed E-state index contributed by atoms with van der Waals surface area (Å²) in [7, 11) is 0. The van der Waals surface area contributed by atoms with Crippen molar-refractivity contribution in [3.63, 3.8) is 0 Å². The number of alkyl carbamates (subject to hydrolysis) is 1. The zero-order chi connectivity index (χ0) is 21.5. The third kappa shape index (κ3) is 5.45. The molecule has 0 spiro atoms. The Morgan fingerprint density at radius 2 is 1.48 bits per heavy atom. The number of carbonyl (C=O) groups excluding carboxylic acids is 1. The summed E-state index contributed by atoms with van der Waals surface area (Å²) in [6.45, 7) is 7.23. The Bertz CT molecular complexity index is 819. The molecule has 0 bridgehead atoms. The third-order valence-corrected chi connectivity index (χ3v) is 6.40. The highest BCUT2D eigenvalue weighted by Gasteiger charge is 2.28. The molecule has 6 heteroatoms. The second kappa shape index (κ2) is 10.8. The molecular formula is C25H33N3O3. The van der Waals surface area contributed by atoms with Gasteiger partial charge in [0.1, 0.15) is 6.61 Å². The van der Waals surface area contributed by atoms with Crippen molar-refractivity contribution in [2.45, 2.75) is 18.8 Å². The highest BCUT2D eigenvalue weighted by molar-refractivity contribution is 5.79. The number of nitrogens with one attached hydrogen (secondary N) is 1. The van der Waals surface area contributed by atoms with Crippen LogP contribution >= 0.6 is 0 Å². The first-order valence-corrected chi connectivity index (χ1v) is 11.4. The van der Waals surface area contributed by atoms with E-state index in [9.17, 15) is 4.79 Å². The van der Waals surface area contributed by atoms with Crippen molar-refractivity contribution in [3.05, 3.63) is 59.7 Å². The lowest BCUT2D eigenvalue weighted by Gasteiger charge is -2.34. The molecular weight excluding hydrogens is 390 g/mol. The van der Waals surface area contributed by atoms with Crippen LogP contribution in [0.15, 0.2) is 48.5 Å². The van der Waals surface area contributed by atoms with Gasteiger partial charge in [-0.2, -0.15) is 0 Å². The normalized spacial score (nSPS) is 16.7. The first-order chi connectivity index (χ1) is 15.3. The number of benzene rings is 2. The fourth-order valence-electron chi connectivity index (χ4n) is 4.68. The van der Waals surface area contributed by atoms with Gasteiger partial charge in [-0.1, -0.05) is 48.5 Å². The van der Waals surface area contributed by atoms with Crippen LogP contribution in [-0.4, -0.2) is 80.0 Å². The molecule has 0 atom stereocenters. The monoisotopic (exact) mass is 423 g/mol. The first kappa shape index (κ1) is 21.8. The van der Waals surface area contributed by atoms with E-state index in [-0.39, 0.29) is 18.6 Å². The van der Waals surface area contributed by atoms with Gasteiger partial charge >= 0.3 is 6.09 Å². The Morgan fingerprint density at radius 1 is 0.903 bits per heavy atom. The van der Waals surface area contributed by atoms with Gasteiger partial charge in [0.2, 0.25) is 0 Å². The number of unbranched alkanes of at least 4 members (excludes halogenated alkanes) is 1. The van der Waals surface area contributed by atoms with Gasteiger partial charge in [0.15, 0.2) is 0 Å². The van der Waals surface area contributed by atoms with Crippen LogP contribution in [0.5, 0.6) is 0 Å². The number of nitrogens with zero attached hydrogens (tertiary/aromatic N) is 2. The highest BCUT2D eigenvalue weighted by Crippen LogP contribution is 2.44. The van der Waals surface area contributed by atoms with Crippen molar-refractivity contribution in [3.8, 4) is 11.1 Å². The van der Waals surface area contributed by atoms with Crippen LogP contribution < -0.4 is 5.32 Å². The quantitative estimate of drug-likeness (QED) is 0.607. The largest absolute Gasteiger partial charge is 0.449 e. The molecule has 0 aromatic heterocycles. The van der Waals surface area contributed by atoms with E-state index in [4.69, 9.17) is 9.84 Å². The van der Waals surface area contributed by atoms with E-state index in [1.165, 1.54) is 22.3 Å².